The van der Waals surface area contributed by atoms with E-state index in [2.05, 4.69) is 5.32 Å². The Hall–Kier alpha value is -2.74. The molecule has 28 heavy (non-hydrogen) atoms. The van der Waals surface area contributed by atoms with E-state index in [1.807, 2.05) is 0 Å². The molecule has 1 fully saturated rings. The van der Waals surface area contributed by atoms with E-state index in [0.29, 0.717) is 43.5 Å². The first-order valence-corrected chi connectivity index (χ1v) is 9.52. The number of amides is 4. The molecule has 1 saturated heterocycles. The molecule has 150 valence electrons. The van der Waals surface area contributed by atoms with E-state index >= 15 is 0 Å². The number of fused-ring (bicyclic) bond motifs is 1. The van der Waals surface area contributed by atoms with E-state index in [4.69, 9.17) is 4.74 Å². The second-order valence-electron chi connectivity index (χ2n) is 7.07. The summed E-state index contributed by atoms with van der Waals surface area (Å²) in [5.41, 5.74) is 0.846. The number of benzene rings is 1. The van der Waals surface area contributed by atoms with E-state index < -0.39 is 0 Å². The number of rotatable bonds is 7. The average molecular weight is 387 g/mol. The average Bonchev–Trinajstić information content (AvgIpc) is 2.94. The number of hydrogen-bond donors (Lipinski definition) is 1. The van der Waals surface area contributed by atoms with Crippen molar-refractivity contribution in [1.82, 2.24) is 15.1 Å². The number of nitrogens with zero attached hydrogens (tertiary/aromatic N) is 2. The maximum absolute atomic E-state index is 12.3. The standard InChI is InChI=1S/C20H25N3O5/c1-28-13-18(25)22-11-8-14(9-12-22)21-17(24)7-4-10-23-19(26)15-5-2-3-6-16(15)20(23)27/h2-3,5-6,14H,4,7-13H2,1H3,(H,21,24). The molecule has 4 amide bonds. The van der Waals surface area contributed by atoms with Crippen LogP contribution in [0.1, 0.15) is 46.4 Å². The lowest BCUT2D eigenvalue weighted by Crippen LogP contribution is -2.47. The number of hydrogen-bond acceptors (Lipinski definition) is 5. The van der Waals surface area contributed by atoms with Gasteiger partial charge in [-0.15, -0.1) is 0 Å². The molecule has 2 heterocycles. The maximum atomic E-state index is 12.3. The van der Waals surface area contributed by atoms with Crippen LogP contribution >= 0.6 is 0 Å². The summed E-state index contributed by atoms with van der Waals surface area (Å²) in [4.78, 5) is 51.5. The lowest BCUT2D eigenvalue weighted by Gasteiger charge is -2.32. The van der Waals surface area contributed by atoms with E-state index in [1.54, 1.807) is 29.2 Å². The molecule has 0 aromatic heterocycles. The zero-order valence-electron chi connectivity index (χ0n) is 16.0. The van der Waals surface area contributed by atoms with Crippen molar-refractivity contribution >= 4 is 23.6 Å². The van der Waals surface area contributed by atoms with Crippen molar-refractivity contribution in [1.29, 1.82) is 0 Å². The number of likely N-dealkylation sites (tertiary alicyclic amines) is 1. The summed E-state index contributed by atoms with van der Waals surface area (Å²) < 4.78 is 4.86. The number of piperidine rings is 1. The molecule has 8 heteroatoms. The minimum atomic E-state index is -0.297. The van der Waals surface area contributed by atoms with Gasteiger partial charge in [0.25, 0.3) is 11.8 Å². The van der Waals surface area contributed by atoms with E-state index in [0.717, 1.165) is 0 Å². The molecule has 0 unspecified atom stereocenters. The molecule has 0 atom stereocenters. The van der Waals surface area contributed by atoms with Crippen molar-refractivity contribution < 1.29 is 23.9 Å². The van der Waals surface area contributed by atoms with E-state index in [9.17, 15) is 19.2 Å². The van der Waals surface area contributed by atoms with Gasteiger partial charge in [-0.1, -0.05) is 12.1 Å². The SMILES string of the molecule is COCC(=O)N1CCC(NC(=O)CCCN2C(=O)c3ccccc3C2=O)CC1. The molecular weight excluding hydrogens is 362 g/mol. The molecule has 0 bridgehead atoms. The quantitative estimate of drug-likeness (QED) is 0.699. The summed E-state index contributed by atoms with van der Waals surface area (Å²) in [5, 5.41) is 2.98. The summed E-state index contributed by atoms with van der Waals surface area (Å²) in [5.74, 6) is -0.727. The van der Waals surface area contributed by atoms with Gasteiger partial charge in [-0.25, -0.2) is 0 Å². The molecule has 2 aliphatic rings. The van der Waals surface area contributed by atoms with Crippen molar-refractivity contribution in [2.45, 2.75) is 31.7 Å². The topological polar surface area (TPSA) is 96.0 Å². The predicted molar refractivity (Wildman–Crippen MR) is 101 cm³/mol. The summed E-state index contributed by atoms with van der Waals surface area (Å²) in [7, 11) is 1.49. The first kappa shape index (κ1) is 20.0. The van der Waals surface area contributed by atoms with Crippen LogP contribution in [0.25, 0.3) is 0 Å². The third-order valence-corrected chi connectivity index (χ3v) is 5.14. The summed E-state index contributed by atoms with van der Waals surface area (Å²) in [6, 6.07) is 6.79. The number of methoxy groups -OCH3 is 1. The minimum Gasteiger partial charge on any atom is -0.375 e. The van der Waals surface area contributed by atoms with Crippen molar-refractivity contribution in [2.24, 2.45) is 0 Å². The predicted octanol–water partition coefficient (Wildman–Crippen LogP) is 0.816. The van der Waals surface area contributed by atoms with Gasteiger partial charge in [-0.2, -0.15) is 0 Å². The Morgan fingerprint density at radius 3 is 2.29 bits per heavy atom. The van der Waals surface area contributed by atoms with Crippen LogP contribution in [0.2, 0.25) is 0 Å². The Kier molecular flexibility index (Phi) is 6.41. The Morgan fingerprint density at radius 2 is 1.71 bits per heavy atom. The van der Waals surface area contributed by atoms with Crippen molar-refractivity contribution in [2.75, 3.05) is 33.4 Å². The Bertz CT molecular complexity index is 736. The molecule has 3 rings (SSSR count). The summed E-state index contributed by atoms with van der Waals surface area (Å²) in [6.07, 6.45) is 2.08. The monoisotopic (exact) mass is 387 g/mol. The fourth-order valence-electron chi connectivity index (χ4n) is 3.63. The Labute approximate surface area is 163 Å². The van der Waals surface area contributed by atoms with Gasteiger partial charge in [0.05, 0.1) is 11.1 Å². The number of imide groups is 1. The Balaban J connectivity index is 1.39. The molecular formula is C20H25N3O5. The van der Waals surface area contributed by atoms with E-state index in [-0.39, 0.29) is 49.2 Å². The van der Waals surface area contributed by atoms with Gasteiger partial charge in [-0.05, 0) is 31.4 Å². The molecule has 1 N–H and O–H groups in total. The second kappa shape index (κ2) is 8.97. The van der Waals surface area contributed by atoms with Gasteiger partial charge < -0.3 is 15.0 Å². The number of carbonyl (C=O) groups excluding carboxylic acids is 4. The zero-order valence-corrected chi connectivity index (χ0v) is 16.0. The van der Waals surface area contributed by atoms with Gasteiger partial charge in [0, 0.05) is 39.2 Å². The molecule has 2 aliphatic heterocycles. The van der Waals surface area contributed by atoms with Gasteiger partial charge in [0.1, 0.15) is 6.61 Å². The van der Waals surface area contributed by atoms with Crippen molar-refractivity contribution in [3.63, 3.8) is 0 Å². The second-order valence-corrected chi connectivity index (χ2v) is 7.07. The fraction of sp³-hybridized carbons (Fsp3) is 0.500. The van der Waals surface area contributed by atoms with Gasteiger partial charge in [-0.3, -0.25) is 24.1 Å². The molecule has 0 spiro atoms. The third kappa shape index (κ3) is 4.39. The van der Waals surface area contributed by atoms with Crippen LogP contribution in [0.3, 0.4) is 0 Å². The first-order chi connectivity index (χ1) is 13.5. The Morgan fingerprint density at radius 1 is 1.11 bits per heavy atom. The molecule has 1 aromatic rings. The molecule has 0 saturated carbocycles. The van der Waals surface area contributed by atoms with Crippen LogP contribution in [0.5, 0.6) is 0 Å². The number of nitrogens with one attached hydrogen (secondary N) is 1. The van der Waals surface area contributed by atoms with Crippen LogP contribution in [-0.2, 0) is 14.3 Å². The highest BCUT2D eigenvalue weighted by Crippen LogP contribution is 2.22. The number of carbonyl (C=O) groups is 4. The summed E-state index contributed by atoms with van der Waals surface area (Å²) >= 11 is 0. The maximum Gasteiger partial charge on any atom is 0.261 e. The third-order valence-electron chi connectivity index (χ3n) is 5.14. The fourth-order valence-corrected chi connectivity index (χ4v) is 3.63. The summed E-state index contributed by atoms with van der Waals surface area (Å²) in [6.45, 7) is 1.50. The highest BCUT2D eigenvalue weighted by molar-refractivity contribution is 6.21. The first-order valence-electron chi connectivity index (χ1n) is 9.52. The highest BCUT2D eigenvalue weighted by Gasteiger charge is 2.34. The lowest BCUT2D eigenvalue weighted by molar-refractivity contribution is -0.136. The normalized spacial score (nSPS) is 17.0. The van der Waals surface area contributed by atoms with Crippen LogP contribution in [0.4, 0.5) is 0 Å². The van der Waals surface area contributed by atoms with Crippen LogP contribution in [-0.4, -0.2) is 72.8 Å². The van der Waals surface area contributed by atoms with Crippen LogP contribution in [0.15, 0.2) is 24.3 Å². The van der Waals surface area contributed by atoms with Crippen molar-refractivity contribution in [3.05, 3.63) is 35.4 Å². The van der Waals surface area contributed by atoms with Crippen LogP contribution < -0.4 is 5.32 Å². The smallest absolute Gasteiger partial charge is 0.261 e. The highest BCUT2D eigenvalue weighted by atomic mass is 16.5. The number of ether oxygens (including phenoxy) is 1. The van der Waals surface area contributed by atoms with Gasteiger partial charge in [0.15, 0.2) is 0 Å². The largest absolute Gasteiger partial charge is 0.375 e. The van der Waals surface area contributed by atoms with Crippen molar-refractivity contribution in [3.8, 4) is 0 Å². The molecule has 1 aromatic carbocycles. The van der Waals surface area contributed by atoms with E-state index in [1.165, 1.54) is 12.0 Å². The zero-order chi connectivity index (χ0) is 20.1. The minimum absolute atomic E-state index is 0.0341. The van der Waals surface area contributed by atoms with Gasteiger partial charge in [0.2, 0.25) is 11.8 Å². The van der Waals surface area contributed by atoms with Crippen LogP contribution in [0, 0.1) is 0 Å². The molecule has 0 radical (unpaired) electrons. The molecule has 8 nitrogen and oxygen atoms in total. The van der Waals surface area contributed by atoms with Gasteiger partial charge >= 0.3 is 0 Å². The lowest BCUT2D eigenvalue weighted by atomic mass is 10.0. The molecule has 0 aliphatic carbocycles.